The van der Waals surface area contributed by atoms with Crippen LogP contribution in [0.2, 0.25) is 5.15 Å². The lowest BCUT2D eigenvalue weighted by Crippen LogP contribution is -2.28. The molecule has 154 valence electrons. The SMILES string of the molecule is O=C1CCCN1CCC1CN(Cc2ccc(Cl)nc2C(F)(F)F)c2ccccc21. The van der Waals surface area contributed by atoms with Crippen LogP contribution in [0.4, 0.5) is 18.9 Å². The number of nitrogens with zero attached hydrogens (tertiary/aromatic N) is 3. The van der Waals surface area contributed by atoms with Crippen LogP contribution < -0.4 is 4.90 Å². The summed E-state index contributed by atoms with van der Waals surface area (Å²) in [7, 11) is 0. The van der Waals surface area contributed by atoms with Gasteiger partial charge in [0.1, 0.15) is 5.15 Å². The monoisotopic (exact) mass is 423 g/mol. The van der Waals surface area contributed by atoms with E-state index in [0.717, 1.165) is 30.6 Å². The van der Waals surface area contributed by atoms with Crippen LogP contribution in [0, 0.1) is 0 Å². The first-order valence-corrected chi connectivity index (χ1v) is 10.0. The molecule has 1 aromatic heterocycles. The van der Waals surface area contributed by atoms with Crippen molar-refractivity contribution in [1.82, 2.24) is 9.88 Å². The van der Waals surface area contributed by atoms with Gasteiger partial charge in [-0.2, -0.15) is 13.2 Å². The fourth-order valence-electron chi connectivity index (χ4n) is 4.27. The summed E-state index contributed by atoms with van der Waals surface area (Å²) in [6.07, 6.45) is -2.26. The number of carbonyl (C=O) groups excluding carboxylic acids is 1. The van der Waals surface area contributed by atoms with Crippen LogP contribution in [0.15, 0.2) is 36.4 Å². The highest BCUT2D eigenvalue weighted by Crippen LogP contribution is 2.40. The minimum Gasteiger partial charge on any atom is -0.366 e. The molecule has 1 fully saturated rings. The molecule has 2 aliphatic rings. The van der Waals surface area contributed by atoms with Crippen LogP contribution in [0.5, 0.6) is 0 Å². The Bertz CT molecular complexity index is 918. The average molecular weight is 424 g/mol. The second kappa shape index (κ2) is 7.86. The molecule has 4 rings (SSSR count). The number of likely N-dealkylation sites (tertiary alicyclic amines) is 1. The van der Waals surface area contributed by atoms with Gasteiger partial charge in [-0.3, -0.25) is 4.79 Å². The highest BCUT2D eigenvalue weighted by atomic mass is 35.5. The van der Waals surface area contributed by atoms with E-state index in [1.807, 2.05) is 34.1 Å². The lowest BCUT2D eigenvalue weighted by atomic mass is 9.98. The van der Waals surface area contributed by atoms with Gasteiger partial charge in [-0.1, -0.05) is 35.9 Å². The van der Waals surface area contributed by atoms with E-state index < -0.39 is 11.9 Å². The number of hydrogen-bond donors (Lipinski definition) is 0. The second-order valence-electron chi connectivity index (χ2n) is 7.55. The Balaban J connectivity index is 1.54. The normalized spacial score (nSPS) is 19.2. The van der Waals surface area contributed by atoms with Crippen molar-refractivity contribution in [3.8, 4) is 0 Å². The Morgan fingerprint density at radius 3 is 2.66 bits per heavy atom. The minimum absolute atomic E-state index is 0.104. The van der Waals surface area contributed by atoms with Crippen LogP contribution in [0.25, 0.3) is 0 Å². The number of halogens is 4. The molecule has 8 heteroatoms. The van der Waals surface area contributed by atoms with Crippen molar-refractivity contribution in [2.45, 2.75) is 37.9 Å². The van der Waals surface area contributed by atoms with Gasteiger partial charge in [0.05, 0.1) is 0 Å². The smallest absolute Gasteiger partial charge is 0.366 e. The number of para-hydroxylation sites is 1. The fourth-order valence-corrected chi connectivity index (χ4v) is 4.42. The van der Waals surface area contributed by atoms with Crippen LogP contribution in [0.3, 0.4) is 0 Å². The highest BCUT2D eigenvalue weighted by Gasteiger charge is 2.37. The summed E-state index contributed by atoms with van der Waals surface area (Å²) in [5.41, 5.74) is 1.23. The highest BCUT2D eigenvalue weighted by molar-refractivity contribution is 6.29. The molecular formula is C21H21ClF3N3O. The molecule has 0 saturated carbocycles. The lowest BCUT2D eigenvalue weighted by molar-refractivity contribution is -0.141. The number of aromatic nitrogens is 1. The lowest BCUT2D eigenvalue weighted by Gasteiger charge is -2.23. The van der Waals surface area contributed by atoms with Crippen LogP contribution in [-0.2, 0) is 17.5 Å². The molecule has 2 aliphatic heterocycles. The number of pyridine rings is 1. The maximum Gasteiger partial charge on any atom is 0.433 e. The topological polar surface area (TPSA) is 36.4 Å². The van der Waals surface area contributed by atoms with Crippen LogP contribution in [0.1, 0.15) is 42.0 Å². The second-order valence-corrected chi connectivity index (χ2v) is 7.94. The number of benzene rings is 1. The summed E-state index contributed by atoms with van der Waals surface area (Å²) in [5.74, 6) is 0.365. The first kappa shape index (κ1) is 20.0. The summed E-state index contributed by atoms with van der Waals surface area (Å²) < 4.78 is 40.3. The molecule has 0 N–H and O–H groups in total. The number of anilines is 1. The Labute approximate surface area is 172 Å². The summed E-state index contributed by atoms with van der Waals surface area (Å²) in [5, 5.41) is -0.170. The van der Waals surface area contributed by atoms with Crippen molar-refractivity contribution < 1.29 is 18.0 Å². The van der Waals surface area contributed by atoms with Crippen molar-refractivity contribution >= 4 is 23.2 Å². The number of carbonyl (C=O) groups is 1. The van der Waals surface area contributed by atoms with Gasteiger partial charge in [-0.15, -0.1) is 0 Å². The van der Waals surface area contributed by atoms with E-state index in [0.29, 0.717) is 19.5 Å². The Hall–Kier alpha value is -2.28. The molecule has 1 saturated heterocycles. The van der Waals surface area contributed by atoms with E-state index in [1.54, 1.807) is 0 Å². The molecular weight excluding hydrogens is 403 g/mol. The van der Waals surface area contributed by atoms with Gasteiger partial charge in [0, 0.05) is 49.8 Å². The average Bonchev–Trinajstić information content (AvgIpc) is 3.24. The van der Waals surface area contributed by atoms with E-state index in [-0.39, 0.29) is 29.1 Å². The zero-order chi connectivity index (χ0) is 20.6. The largest absolute Gasteiger partial charge is 0.433 e. The van der Waals surface area contributed by atoms with Gasteiger partial charge in [-0.05, 0) is 30.5 Å². The molecule has 0 radical (unpaired) electrons. The first-order valence-electron chi connectivity index (χ1n) is 9.67. The predicted octanol–water partition coefficient (Wildman–Crippen LogP) is 4.87. The van der Waals surface area contributed by atoms with Gasteiger partial charge >= 0.3 is 6.18 Å². The van der Waals surface area contributed by atoms with E-state index in [1.165, 1.54) is 12.1 Å². The van der Waals surface area contributed by atoms with Crippen molar-refractivity contribution in [2.75, 3.05) is 24.5 Å². The molecule has 4 nitrogen and oxygen atoms in total. The molecule has 3 heterocycles. The number of alkyl halides is 3. The van der Waals surface area contributed by atoms with Crippen molar-refractivity contribution in [2.24, 2.45) is 0 Å². The third-order valence-corrected chi connectivity index (χ3v) is 5.86. The van der Waals surface area contributed by atoms with Gasteiger partial charge in [0.15, 0.2) is 5.69 Å². The van der Waals surface area contributed by atoms with E-state index >= 15 is 0 Å². The minimum atomic E-state index is -4.56. The molecule has 0 spiro atoms. The van der Waals surface area contributed by atoms with Crippen LogP contribution >= 0.6 is 11.6 Å². The third kappa shape index (κ3) is 4.20. The van der Waals surface area contributed by atoms with E-state index in [2.05, 4.69) is 4.98 Å². The Morgan fingerprint density at radius 1 is 1.14 bits per heavy atom. The Morgan fingerprint density at radius 2 is 1.93 bits per heavy atom. The van der Waals surface area contributed by atoms with Crippen molar-refractivity contribution in [3.63, 3.8) is 0 Å². The van der Waals surface area contributed by atoms with Crippen molar-refractivity contribution in [3.05, 3.63) is 58.4 Å². The standard InChI is InChI=1S/C21H21ClF3N3O/c22-18-8-7-15(20(26-18)21(23,24)25)13-28-12-14(16-4-1-2-5-17(16)28)9-11-27-10-3-6-19(27)29/h1-2,4-5,7-8,14H,3,6,9-13H2. The number of amides is 1. The third-order valence-electron chi connectivity index (χ3n) is 5.65. The van der Waals surface area contributed by atoms with Crippen molar-refractivity contribution in [1.29, 1.82) is 0 Å². The van der Waals surface area contributed by atoms with E-state index in [4.69, 9.17) is 11.6 Å². The molecule has 2 aromatic rings. The number of rotatable bonds is 5. The Kier molecular flexibility index (Phi) is 5.42. The molecule has 1 amide bonds. The van der Waals surface area contributed by atoms with Gasteiger partial charge in [0.25, 0.3) is 0 Å². The number of fused-ring (bicyclic) bond motifs is 1. The van der Waals surface area contributed by atoms with E-state index in [9.17, 15) is 18.0 Å². The maximum absolute atomic E-state index is 13.4. The van der Waals surface area contributed by atoms with Gasteiger partial charge < -0.3 is 9.80 Å². The quantitative estimate of drug-likeness (QED) is 0.644. The molecule has 1 unspecified atom stereocenters. The first-order chi connectivity index (χ1) is 13.8. The molecule has 0 bridgehead atoms. The summed E-state index contributed by atoms with van der Waals surface area (Å²) in [6, 6.07) is 10.6. The fraction of sp³-hybridized carbons (Fsp3) is 0.429. The molecule has 29 heavy (non-hydrogen) atoms. The van der Waals surface area contributed by atoms with Crippen LogP contribution in [-0.4, -0.2) is 35.4 Å². The zero-order valence-electron chi connectivity index (χ0n) is 15.8. The molecule has 1 aromatic carbocycles. The summed E-state index contributed by atoms with van der Waals surface area (Å²) >= 11 is 5.70. The zero-order valence-corrected chi connectivity index (χ0v) is 16.5. The summed E-state index contributed by atoms with van der Waals surface area (Å²) in [4.78, 5) is 19.3. The molecule has 1 atom stereocenters. The van der Waals surface area contributed by atoms with Gasteiger partial charge in [-0.25, -0.2) is 4.98 Å². The maximum atomic E-state index is 13.4. The predicted molar refractivity (Wildman–Crippen MR) is 105 cm³/mol. The molecule has 0 aliphatic carbocycles. The number of hydrogen-bond acceptors (Lipinski definition) is 3. The summed E-state index contributed by atoms with van der Waals surface area (Å²) in [6.45, 7) is 2.20. The van der Waals surface area contributed by atoms with Gasteiger partial charge in [0.2, 0.25) is 5.91 Å².